The van der Waals surface area contributed by atoms with Crippen molar-refractivity contribution in [2.75, 3.05) is 26.3 Å². The summed E-state index contributed by atoms with van der Waals surface area (Å²) in [4.78, 5) is 2.21. The Bertz CT molecular complexity index is 478. The summed E-state index contributed by atoms with van der Waals surface area (Å²) < 4.78 is 45.0. The number of nitrogens with one attached hydrogen (secondary N) is 1. The predicted molar refractivity (Wildman–Crippen MR) is 77.5 cm³/mol. The molecule has 0 aliphatic carbocycles. The minimum atomic E-state index is -4.30. The molecule has 6 heteroatoms. The van der Waals surface area contributed by atoms with Crippen LogP contribution in [0.25, 0.3) is 0 Å². The number of hydrogen-bond donors (Lipinski definition) is 1. The lowest BCUT2D eigenvalue weighted by molar-refractivity contribution is -0.138. The van der Waals surface area contributed by atoms with Crippen LogP contribution in [-0.2, 0) is 17.5 Å². The normalized spacial score (nSPS) is 26.0. The number of ether oxygens (including phenoxy) is 1. The zero-order valence-corrected chi connectivity index (χ0v) is 12.4. The van der Waals surface area contributed by atoms with E-state index in [0.717, 1.165) is 25.9 Å². The molecular weight excluding hydrogens is 293 g/mol. The molecule has 0 unspecified atom stereocenters. The molecule has 0 spiro atoms. The number of alkyl halides is 3. The van der Waals surface area contributed by atoms with E-state index >= 15 is 0 Å². The van der Waals surface area contributed by atoms with E-state index in [1.165, 1.54) is 12.1 Å². The highest BCUT2D eigenvalue weighted by atomic mass is 19.4. The first-order valence-electron chi connectivity index (χ1n) is 7.75. The Morgan fingerprint density at radius 2 is 2.00 bits per heavy atom. The summed E-state index contributed by atoms with van der Waals surface area (Å²) in [6, 6.07) is 6.39. The summed E-state index contributed by atoms with van der Waals surface area (Å²) in [5.74, 6) is 0. The van der Waals surface area contributed by atoms with Crippen LogP contribution >= 0.6 is 0 Å². The SMILES string of the molecule is FC(F)(F)c1ccccc1CN([C@H]1CCNC1)[C@H]1CCOC1. The van der Waals surface area contributed by atoms with Crippen LogP contribution in [0.5, 0.6) is 0 Å². The van der Waals surface area contributed by atoms with Crippen LogP contribution in [0.15, 0.2) is 24.3 Å². The predicted octanol–water partition coefficient (Wildman–Crippen LogP) is 2.66. The fourth-order valence-electron chi connectivity index (χ4n) is 3.39. The second-order valence-electron chi connectivity index (χ2n) is 5.99. The van der Waals surface area contributed by atoms with Crippen LogP contribution in [0.3, 0.4) is 0 Å². The van der Waals surface area contributed by atoms with Gasteiger partial charge in [-0.1, -0.05) is 18.2 Å². The number of rotatable bonds is 4. The molecule has 3 nitrogen and oxygen atoms in total. The highest BCUT2D eigenvalue weighted by Crippen LogP contribution is 2.33. The fraction of sp³-hybridized carbons (Fsp3) is 0.625. The molecule has 1 aromatic rings. The molecule has 3 rings (SSSR count). The molecule has 122 valence electrons. The minimum absolute atomic E-state index is 0.214. The maximum atomic E-state index is 13.2. The topological polar surface area (TPSA) is 24.5 Å². The molecule has 2 aliphatic heterocycles. The Hall–Kier alpha value is -1.11. The summed E-state index contributed by atoms with van der Waals surface area (Å²) in [7, 11) is 0. The molecule has 0 amide bonds. The Kier molecular flexibility index (Phi) is 4.70. The molecule has 1 aromatic carbocycles. The maximum Gasteiger partial charge on any atom is 0.416 e. The lowest BCUT2D eigenvalue weighted by Gasteiger charge is -2.34. The van der Waals surface area contributed by atoms with E-state index in [-0.39, 0.29) is 12.1 Å². The molecule has 22 heavy (non-hydrogen) atoms. The zero-order chi connectivity index (χ0) is 15.6. The lowest BCUT2D eigenvalue weighted by Crippen LogP contribution is -2.44. The van der Waals surface area contributed by atoms with Crippen molar-refractivity contribution in [2.45, 2.75) is 37.6 Å². The van der Waals surface area contributed by atoms with E-state index in [2.05, 4.69) is 10.2 Å². The van der Waals surface area contributed by atoms with E-state index in [9.17, 15) is 13.2 Å². The van der Waals surface area contributed by atoms with Crippen molar-refractivity contribution >= 4 is 0 Å². The molecule has 2 fully saturated rings. The molecule has 2 heterocycles. The summed E-state index contributed by atoms with van der Waals surface area (Å²) in [5.41, 5.74) is -0.168. The molecule has 0 aromatic heterocycles. The average molecular weight is 314 g/mol. The van der Waals surface area contributed by atoms with Crippen LogP contribution in [0.1, 0.15) is 24.0 Å². The van der Waals surface area contributed by atoms with Crippen LogP contribution < -0.4 is 5.32 Å². The van der Waals surface area contributed by atoms with Crippen LogP contribution in [0, 0.1) is 0 Å². The molecule has 2 atom stereocenters. The van der Waals surface area contributed by atoms with Crippen LogP contribution in [0.2, 0.25) is 0 Å². The third-order valence-electron chi connectivity index (χ3n) is 4.55. The van der Waals surface area contributed by atoms with Gasteiger partial charge in [0.25, 0.3) is 0 Å². The smallest absolute Gasteiger partial charge is 0.380 e. The molecular formula is C16H21F3N2O. The van der Waals surface area contributed by atoms with Gasteiger partial charge in [0.2, 0.25) is 0 Å². The average Bonchev–Trinajstić information content (AvgIpc) is 3.18. The molecule has 2 saturated heterocycles. The third-order valence-corrected chi connectivity index (χ3v) is 4.55. The Morgan fingerprint density at radius 1 is 1.18 bits per heavy atom. The molecule has 2 aliphatic rings. The van der Waals surface area contributed by atoms with Crippen molar-refractivity contribution in [3.05, 3.63) is 35.4 Å². The van der Waals surface area contributed by atoms with Gasteiger partial charge in [-0.3, -0.25) is 4.90 Å². The van der Waals surface area contributed by atoms with Crippen molar-refractivity contribution < 1.29 is 17.9 Å². The summed E-state index contributed by atoms with van der Waals surface area (Å²) in [6.07, 6.45) is -2.43. The van der Waals surface area contributed by atoms with Crippen molar-refractivity contribution in [1.29, 1.82) is 0 Å². The van der Waals surface area contributed by atoms with Crippen molar-refractivity contribution in [1.82, 2.24) is 10.2 Å². The number of nitrogens with zero attached hydrogens (tertiary/aromatic N) is 1. The maximum absolute atomic E-state index is 13.2. The van der Waals surface area contributed by atoms with Gasteiger partial charge in [-0.25, -0.2) is 0 Å². The summed E-state index contributed by atoms with van der Waals surface area (Å²) >= 11 is 0. The summed E-state index contributed by atoms with van der Waals surface area (Å²) in [6.45, 7) is 3.41. The minimum Gasteiger partial charge on any atom is -0.380 e. The van der Waals surface area contributed by atoms with Gasteiger partial charge < -0.3 is 10.1 Å². The highest BCUT2D eigenvalue weighted by molar-refractivity contribution is 5.29. The summed E-state index contributed by atoms with van der Waals surface area (Å²) in [5, 5.41) is 3.30. The van der Waals surface area contributed by atoms with Crippen molar-refractivity contribution in [3.63, 3.8) is 0 Å². The highest BCUT2D eigenvalue weighted by Gasteiger charge is 2.36. The monoisotopic (exact) mass is 314 g/mol. The van der Waals surface area contributed by atoms with E-state index in [4.69, 9.17) is 4.74 Å². The second kappa shape index (κ2) is 6.56. The van der Waals surface area contributed by atoms with Gasteiger partial charge in [-0.05, 0) is 31.0 Å². The number of halogens is 3. The van der Waals surface area contributed by atoms with Gasteiger partial charge in [0.15, 0.2) is 0 Å². The fourth-order valence-corrected chi connectivity index (χ4v) is 3.39. The van der Waals surface area contributed by atoms with Gasteiger partial charge in [0.05, 0.1) is 12.2 Å². The van der Waals surface area contributed by atoms with Gasteiger partial charge in [0, 0.05) is 31.8 Å². The first-order valence-corrected chi connectivity index (χ1v) is 7.75. The van der Waals surface area contributed by atoms with Crippen LogP contribution in [0.4, 0.5) is 13.2 Å². The first-order chi connectivity index (χ1) is 10.6. The first kappa shape index (κ1) is 15.8. The quantitative estimate of drug-likeness (QED) is 0.925. The van der Waals surface area contributed by atoms with Gasteiger partial charge in [-0.2, -0.15) is 13.2 Å². The number of hydrogen-bond acceptors (Lipinski definition) is 3. The number of benzene rings is 1. The Labute approximate surface area is 128 Å². The lowest BCUT2D eigenvalue weighted by atomic mass is 10.0. The zero-order valence-electron chi connectivity index (χ0n) is 12.4. The Balaban J connectivity index is 1.84. The molecule has 1 N–H and O–H groups in total. The van der Waals surface area contributed by atoms with E-state index < -0.39 is 11.7 Å². The molecule has 0 bridgehead atoms. The molecule has 0 saturated carbocycles. The molecule has 0 radical (unpaired) electrons. The Morgan fingerprint density at radius 3 is 2.64 bits per heavy atom. The van der Waals surface area contributed by atoms with Crippen LogP contribution in [-0.4, -0.2) is 43.3 Å². The standard InChI is InChI=1S/C16H21F3N2O/c17-16(18,19)15-4-2-1-3-12(15)10-21(13-5-7-20-9-13)14-6-8-22-11-14/h1-4,13-14,20H,5-11H2/t13-,14-/m0/s1. The second-order valence-corrected chi connectivity index (χ2v) is 5.99. The largest absolute Gasteiger partial charge is 0.416 e. The third kappa shape index (κ3) is 3.45. The van der Waals surface area contributed by atoms with Crippen molar-refractivity contribution in [2.24, 2.45) is 0 Å². The van der Waals surface area contributed by atoms with Gasteiger partial charge in [0.1, 0.15) is 0 Å². The van der Waals surface area contributed by atoms with E-state index in [0.29, 0.717) is 25.3 Å². The van der Waals surface area contributed by atoms with Gasteiger partial charge >= 0.3 is 6.18 Å². The van der Waals surface area contributed by atoms with E-state index in [1.54, 1.807) is 12.1 Å². The van der Waals surface area contributed by atoms with E-state index in [1.807, 2.05) is 0 Å². The van der Waals surface area contributed by atoms with Crippen molar-refractivity contribution in [3.8, 4) is 0 Å². The van der Waals surface area contributed by atoms with Gasteiger partial charge in [-0.15, -0.1) is 0 Å².